The molecule has 0 saturated heterocycles. The zero-order valence-corrected chi connectivity index (χ0v) is 7.54. The highest BCUT2D eigenvalue weighted by Gasteiger charge is 2.01. The summed E-state index contributed by atoms with van der Waals surface area (Å²) in [6, 6.07) is 7.64. The number of carbonyl (C=O) groups is 1. The predicted molar refractivity (Wildman–Crippen MR) is 49.6 cm³/mol. The maximum Gasteiger partial charge on any atom is 0.248 e. The van der Waals surface area contributed by atoms with E-state index in [-0.39, 0.29) is 0 Å². The lowest BCUT2D eigenvalue weighted by atomic mass is 10.2. The van der Waals surface area contributed by atoms with E-state index in [9.17, 15) is 4.79 Å². The van der Waals surface area contributed by atoms with Crippen molar-refractivity contribution in [3.8, 4) is 5.75 Å². The summed E-state index contributed by atoms with van der Waals surface area (Å²) < 4.78 is 5.31. The minimum atomic E-state index is -0.460. The van der Waals surface area contributed by atoms with Crippen LogP contribution in [0.1, 0.15) is 23.7 Å². The molecule has 1 amide bonds. The molecule has 0 saturated carbocycles. The van der Waals surface area contributed by atoms with E-state index in [1.807, 2.05) is 6.92 Å². The monoisotopic (exact) mass is 178 g/mol. The molecule has 0 heterocycles. The van der Waals surface area contributed by atoms with Crippen molar-refractivity contribution in [3.05, 3.63) is 29.8 Å². The minimum Gasteiger partial charge on any atom is -0.494 e. The van der Waals surface area contributed by atoms with Gasteiger partial charge in [0.2, 0.25) is 5.91 Å². The van der Waals surface area contributed by atoms with Gasteiger partial charge in [-0.05, 0) is 30.7 Å². The van der Waals surface area contributed by atoms with Crippen molar-refractivity contribution in [1.29, 1.82) is 0 Å². The summed E-state index contributed by atoms with van der Waals surface area (Å²) in [6.45, 7) is 2.65. The molecule has 3 nitrogen and oxygen atoms in total. The van der Waals surface area contributed by atoms with Crippen molar-refractivity contribution < 1.29 is 9.53 Å². The summed E-state index contributed by atoms with van der Waals surface area (Å²) in [7, 11) is 0. The molecule has 0 aliphatic rings. The van der Waals surface area contributed by atoms with E-state index >= 15 is 0 Å². The second kappa shape index (κ2) is 4.50. The Bertz CT molecular complexity index is 297. The average Bonchev–Trinajstić information content (AvgIpc) is 2.15. The van der Waals surface area contributed by atoms with Gasteiger partial charge < -0.3 is 10.5 Å². The average molecular weight is 178 g/mol. The van der Waals surface area contributed by atoms with E-state index in [0.29, 0.717) is 17.9 Å². The molecular formula is C10H12NO2. The van der Waals surface area contributed by atoms with Crippen LogP contribution in [-0.4, -0.2) is 12.5 Å². The molecule has 1 aromatic carbocycles. The number of carbonyl (C=O) groups excluding carboxylic acids is 1. The molecule has 0 bridgehead atoms. The quantitative estimate of drug-likeness (QED) is 0.757. The summed E-state index contributed by atoms with van der Waals surface area (Å²) in [5.74, 6) is 0.177. The zero-order chi connectivity index (χ0) is 9.68. The van der Waals surface area contributed by atoms with E-state index in [1.165, 1.54) is 0 Å². The van der Waals surface area contributed by atoms with Crippen LogP contribution in [0.3, 0.4) is 0 Å². The second-order valence-electron chi connectivity index (χ2n) is 2.67. The van der Waals surface area contributed by atoms with Gasteiger partial charge in [-0.2, -0.15) is 0 Å². The van der Waals surface area contributed by atoms with Gasteiger partial charge in [-0.15, -0.1) is 0 Å². The molecule has 1 aromatic rings. The van der Waals surface area contributed by atoms with Gasteiger partial charge in [0.15, 0.2) is 0 Å². The van der Waals surface area contributed by atoms with Gasteiger partial charge in [0.1, 0.15) is 5.75 Å². The molecule has 0 aliphatic carbocycles. The first kappa shape index (κ1) is 9.58. The first-order valence-corrected chi connectivity index (χ1v) is 4.17. The number of ether oxygens (including phenoxy) is 1. The van der Waals surface area contributed by atoms with Crippen LogP contribution in [-0.2, 0) is 0 Å². The standard InChI is InChI=1S/C10H12NO2/c1-2-6-13-9-5-3-4-8(7-9)10(11)12/h4-5,7H,2,6H2,1H3,(H2,11,12). The van der Waals surface area contributed by atoms with Gasteiger partial charge in [-0.25, -0.2) is 0 Å². The van der Waals surface area contributed by atoms with Crippen molar-refractivity contribution >= 4 is 5.91 Å². The van der Waals surface area contributed by atoms with Crippen LogP contribution in [0.2, 0.25) is 0 Å². The number of hydrogen-bond acceptors (Lipinski definition) is 2. The van der Waals surface area contributed by atoms with E-state index < -0.39 is 5.91 Å². The molecule has 2 N–H and O–H groups in total. The number of hydrogen-bond donors (Lipinski definition) is 1. The summed E-state index contributed by atoms with van der Waals surface area (Å²) in [6.07, 6.45) is 0.931. The SMILES string of the molecule is CCCOc1c[c]cc(C(N)=O)c1. The third-order valence-corrected chi connectivity index (χ3v) is 1.52. The van der Waals surface area contributed by atoms with Crippen LogP contribution >= 0.6 is 0 Å². The minimum absolute atomic E-state index is 0.425. The normalized spacial score (nSPS) is 9.62. The van der Waals surface area contributed by atoms with Gasteiger partial charge in [0.05, 0.1) is 6.61 Å². The van der Waals surface area contributed by atoms with E-state index in [4.69, 9.17) is 10.5 Å². The van der Waals surface area contributed by atoms with Gasteiger partial charge >= 0.3 is 0 Å². The second-order valence-corrected chi connectivity index (χ2v) is 2.67. The fraction of sp³-hybridized carbons (Fsp3) is 0.300. The molecule has 1 rings (SSSR count). The summed E-state index contributed by atoms with van der Waals surface area (Å²) in [5.41, 5.74) is 5.52. The Morgan fingerprint density at radius 2 is 2.38 bits per heavy atom. The predicted octanol–water partition coefficient (Wildman–Crippen LogP) is 1.37. The zero-order valence-electron chi connectivity index (χ0n) is 7.54. The van der Waals surface area contributed by atoms with Crippen molar-refractivity contribution in [2.45, 2.75) is 13.3 Å². The number of rotatable bonds is 4. The van der Waals surface area contributed by atoms with Crippen molar-refractivity contribution in [1.82, 2.24) is 0 Å². The Morgan fingerprint density at radius 1 is 1.62 bits per heavy atom. The van der Waals surface area contributed by atoms with Crippen molar-refractivity contribution in [3.63, 3.8) is 0 Å². The summed E-state index contributed by atoms with van der Waals surface area (Å²) in [5, 5.41) is 0. The van der Waals surface area contributed by atoms with E-state index in [0.717, 1.165) is 6.42 Å². The van der Waals surface area contributed by atoms with Gasteiger partial charge in [0.25, 0.3) is 0 Å². The largest absolute Gasteiger partial charge is 0.494 e. The lowest BCUT2D eigenvalue weighted by Crippen LogP contribution is -2.10. The highest BCUT2D eigenvalue weighted by atomic mass is 16.5. The van der Waals surface area contributed by atoms with Crippen LogP contribution in [0.25, 0.3) is 0 Å². The Hall–Kier alpha value is -1.51. The fourth-order valence-electron chi connectivity index (χ4n) is 0.896. The first-order valence-electron chi connectivity index (χ1n) is 4.17. The molecule has 0 aromatic heterocycles. The van der Waals surface area contributed by atoms with Gasteiger partial charge in [-0.3, -0.25) is 4.79 Å². The Balaban J connectivity index is 2.73. The molecule has 0 aliphatic heterocycles. The van der Waals surface area contributed by atoms with Crippen LogP contribution < -0.4 is 10.5 Å². The fourth-order valence-corrected chi connectivity index (χ4v) is 0.896. The Morgan fingerprint density at radius 3 is 3.00 bits per heavy atom. The van der Waals surface area contributed by atoms with Gasteiger partial charge in [0, 0.05) is 5.56 Å². The number of primary amides is 1. The third-order valence-electron chi connectivity index (χ3n) is 1.52. The number of amides is 1. The maximum atomic E-state index is 10.8. The molecule has 0 atom stereocenters. The topological polar surface area (TPSA) is 52.3 Å². The Labute approximate surface area is 77.5 Å². The molecule has 13 heavy (non-hydrogen) atoms. The molecule has 69 valence electrons. The lowest BCUT2D eigenvalue weighted by Gasteiger charge is -2.04. The highest BCUT2D eigenvalue weighted by molar-refractivity contribution is 5.93. The summed E-state index contributed by atoms with van der Waals surface area (Å²) >= 11 is 0. The van der Waals surface area contributed by atoms with E-state index in [2.05, 4.69) is 6.07 Å². The van der Waals surface area contributed by atoms with Crippen LogP contribution in [0.15, 0.2) is 18.2 Å². The van der Waals surface area contributed by atoms with Gasteiger partial charge in [-0.1, -0.05) is 6.92 Å². The first-order chi connectivity index (χ1) is 6.24. The Kier molecular flexibility index (Phi) is 3.31. The van der Waals surface area contributed by atoms with Crippen LogP contribution in [0, 0.1) is 6.07 Å². The van der Waals surface area contributed by atoms with Crippen molar-refractivity contribution in [2.24, 2.45) is 5.73 Å². The van der Waals surface area contributed by atoms with Crippen LogP contribution in [0.4, 0.5) is 0 Å². The molecule has 0 fully saturated rings. The number of nitrogens with two attached hydrogens (primary N) is 1. The molecule has 0 spiro atoms. The molecular weight excluding hydrogens is 166 g/mol. The number of benzene rings is 1. The highest BCUT2D eigenvalue weighted by Crippen LogP contribution is 2.12. The molecule has 0 unspecified atom stereocenters. The van der Waals surface area contributed by atoms with E-state index in [1.54, 1.807) is 18.2 Å². The van der Waals surface area contributed by atoms with Crippen LogP contribution in [0.5, 0.6) is 5.75 Å². The lowest BCUT2D eigenvalue weighted by molar-refractivity contribution is 0.1000. The van der Waals surface area contributed by atoms with Crippen molar-refractivity contribution in [2.75, 3.05) is 6.61 Å². The summed E-state index contributed by atoms with van der Waals surface area (Å²) in [4.78, 5) is 10.8. The third kappa shape index (κ3) is 2.78. The maximum absolute atomic E-state index is 10.8. The molecule has 1 radical (unpaired) electrons. The molecule has 3 heteroatoms. The smallest absolute Gasteiger partial charge is 0.248 e.